The number of carbonyl (C=O) groups is 1. The summed E-state index contributed by atoms with van der Waals surface area (Å²) in [5.41, 5.74) is 1.56. The Bertz CT molecular complexity index is 1050. The second kappa shape index (κ2) is 8.06. The first-order chi connectivity index (χ1) is 13.1. The molecule has 1 amide bonds. The largest absolute Gasteiger partial charge is 0.365 e. The van der Waals surface area contributed by atoms with Crippen LogP contribution in [0.2, 0.25) is 0 Å². The molecule has 1 heterocycles. The number of nitriles is 1. The van der Waals surface area contributed by atoms with Crippen molar-refractivity contribution in [2.45, 2.75) is 19.4 Å². The molecular formula is C20H17N5O2. The quantitative estimate of drug-likeness (QED) is 0.755. The van der Waals surface area contributed by atoms with Gasteiger partial charge < -0.3 is 5.32 Å². The Balaban J connectivity index is 1.85. The van der Waals surface area contributed by atoms with E-state index < -0.39 is 17.6 Å². The van der Waals surface area contributed by atoms with Crippen LogP contribution in [-0.2, 0) is 4.79 Å². The Labute approximate surface area is 155 Å². The Morgan fingerprint density at radius 1 is 1.22 bits per heavy atom. The van der Waals surface area contributed by atoms with E-state index in [0.717, 1.165) is 10.2 Å². The summed E-state index contributed by atoms with van der Waals surface area (Å²) in [5.74, 6) is -0.392. The van der Waals surface area contributed by atoms with E-state index in [2.05, 4.69) is 15.4 Å². The van der Waals surface area contributed by atoms with Crippen molar-refractivity contribution in [3.05, 3.63) is 76.8 Å². The van der Waals surface area contributed by atoms with Crippen LogP contribution in [0.4, 0.5) is 5.69 Å². The van der Waals surface area contributed by atoms with Gasteiger partial charge >= 0.3 is 5.69 Å². The van der Waals surface area contributed by atoms with Gasteiger partial charge in [-0.3, -0.25) is 4.79 Å². The first-order valence-corrected chi connectivity index (χ1v) is 8.44. The number of nitrogens with zero attached hydrogens (tertiary/aromatic N) is 4. The molecule has 2 aromatic carbocycles. The summed E-state index contributed by atoms with van der Waals surface area (Å²) < 4.78 is 1.08. The van der Waals surface area contributed by atoms with Gasteiger partial charge in [-0.05, 0) is 24.6 Å². The highest BCUT2D eigenvalue weighted by atomic mass is 16.2. The molecular weight excluding hydrogens is 342 g/mol. The van der Waals surface area contributed by atoms with E-state index in [0.29, 0.717) is 23.4 Å². The van der Waals surface area contributed by atoms with Gasteiger partial charge in [-0.15, -0.1) is 0 Å². The normalized spacial score (nSPS) is 11.4. The summed E-state index contributed by atoms with van der Waals surface area (Å²) in [7, 11) is 0. The van der Waals surface area contributed by atoms with E-state index >= 15 is 0 Å². The molecule has 0 aliphatic heterocycles. The Morgan fingerprint density at radius 3 is 2.67 bits per heavy atom. The maximum atomic E-state index is 12.6. The van der Waals surface area contributed by atoms with Crippen LogP contribution in [0, 0.1) is 11.3 Å². The third-order valence-corrected chi connectivity index (χ3v) is 4.03. The topological polar surface area (TPSA) is 101 Å². The SMILES string of the molecule is CCC(C(=O)Nc1cccc(C#N)c1)n1ncc(-c2ccccc2)nc1=O. The van der Waals surface area contributed by atoms with Gasteiger partial charge in [0.2, 0.25) is 5.91 Å². The maximum absolute atomic E-state index is 12.6. The van der Waals surface area contributed by atoms with E-state index in [1.54, 1.807) is 31.2 Å². The monoisotopic (exact) mass is 359 g/mol. The molecule has 0 spiro atoms. The van der Waals surface area contributed by atoms with E-state index in [1.165, 1.54) is 6.20 Å². The summed E-state index contributed by atoms with van der Waals surface area (Å²) in [6.45, 7) is 1.79. The molecule has 1 unspecified atom stereocenters. The van der Waals surface area contributed by atoms with Crippen molar-refractivity contribution < 1.29 is 4.79 Å². The van der Waals surface area contributed by atoms with E-state index in [9.17, 15) is 9.59 Å². The maximum Gasteiger partial charge on any atom is 0.365 e. The van der Waals surface area contributed by atoms with Gasteiger partial charge in [-0.1, -0.05) is 43.3 Å². The highest BCUT2D eigenvalue weighted by Crippen LogP contribution is 2.16. The molecule has 0 radical (unpaired) electrons. The van der Waals surface area contributed by atoms with Crippen LogP contribution in [-0.4, -0.2) is 20.7 Å². The van der Waals surface area contributed by atoms with E-state index in [4.69, 9.17) is 5.26 Å². The van der Waals surface area contributed by atoms with Gasteiger partial charge in [0.05, 0.1) is 23.5 Å². The number of amides is 1. The summed E-state index contributed by atoms with van der Waals surface area (Å²) in [6, 6.07) is 17.0. The minimum absolute atomic E-state index is 0.364. The van der Waals surface area contributed by atoms with Gasteiger partial charge in [0.1, 0.15) is 6.04 Å². The molecule has 3 aromatic rings. The molecule has 0 aliphatic rings. The van der Waals surface area contributed by atoms with Crippen molar-refractivity contribution in [1.29, 1.82) is 5.26 Å². The lowest BCUT2D eigenvalue weighted by molar-refractivity contribution is -0.119. The summed E-state index contributed by atoms with van der Waals surface area (Å²) in [6.07, 6.45) is 1.84. The van der Waals surface area contributed by atoms with Crippen molar-refractivity contribution in [1.82, 2.24) is 14.8 Å². The minimum Gasteiger partial charge on any atom is -0.324 e. The average molecular weight is 359 g/mol. The van der Waals surface area contributed by atoms with Crippen LogP contribution in [0.25, 0.3) is 11.3 Å². The van der Waals surface area contributed by atoms with Crippen molar-refractivity contribution >= 4 is 11.6 Å². The molecule has 0 bridgehead atoms. The lowest BCUT2D eigenvalue weighted by Gasteiger charge is -2.16. The summed E-state index contributed by atoms with van der Waals surface area (Å²) in [4.78, 5) is 29.1. The molecule has 1 aromatic heterocycles. The second-order valence-electron chi connectivity index (χ2n) is 5.84. The predicted molar refractivity (Wildman–Crippen MR) is 101 cm³/mol. The van der Waals surface area contributed by atoms with Crippen molar-refractivity contribution in [2.24, 2.45) is 0 Å². The molecule has 0 fully saturated rings. The molecule has 7 nitrogen and oxygen atoms in total. The zero-order valence-corrected chi connectivity index (χ0v) is 14.7. The van der Waals surface area contributed by atoms with Crippen LogP contribution in [0.5, 0.6) is 0 Å². The number of hydrogen-bond donors (Lipinski definition) is 1. The molecule has 27 heavy (non-hydrogen) atoms. The zero-order valence-electron chi connectivity index (χ0n) is 14.7. The molecule has 7 heteroatoms. The van der Waals surface area contributed by atoms with Gasteiger partial charge in [0.15, 0.2) is 0 Å². The number of nitrogens with one attached hydrogen (secondary N) is 1. The van der Waals surface area contributed by atoms with Crippen molar-refractivity contribution in [3.63, 3.8) is 0 Å². The molecule has 0 aliphatic carbocycles. The lowest BCUT2D eigenvalue weighted by atomic mass is 10.1. The highest BCUT2D eigenvalue weighted by Gasteiger charge is 2.22. The predicted octanol–water partition coefficient (Wildman–Crippen LogP) is 2.77. The number of aromatic nitrogens is 3. The first kappa shape index (κ1) is 18.0. The van der Waals surface area contributed by atoms with E-state index in [-0.39, 0.29) is 0 Å². The zero-order chi connectivity index (χ0) is 19.2. The molecule has 1 atom stereocenters. The molecule has 3 rings (SSSR count). The highest BCUT2D eigenvalue weighted by molar-refractivity contribution is 5.93. The first-order valence-electron chi connectivity index (χ1n) is 8.44. The fraction of sp³-hybridized carbons (Fsp3) is 0.150. The smallest absolute Gasteiger partial charge is 0.324 e. The van der Waals surface area contributed by atoms with Gasteiger partial charge in [0.25, 0.3) is 0 Å². The number of rotatable bonds is 5. The molecule has 0 saturated carbocycles. The van der Waals surface area contributed by atoms with E-state index in [1.807, 2.05) is 36.4 Å². The number of benzene rings is 2. The third kappa shape index (κ3) is 4.07. The van der Waals surface area contributed by atoms with Crippen molar-refractivity contribution in [3.8, 4) is 17.3 Å². The van der Waals surface area contributed by atoms with Gasteiger partial charge in [-0.25, -0.2) is 9.48 Å². The summed E-state index contributed by atoms with van der Waals surface area (Å²) >= 11 is 0. The fourth-order valence-corrected chi connectivity index (χ4v) is 2.67. The Hall–Kier alpha value is -3.79. The van der Waals surface area contributed by atoms with Crippen LogP contribution in [0.3, 0.4) is 0 Å². The van der Waals surface area contributed by atoms with Crippen LogP contribution < -0.4 is 11.0 Å². The molecule has 1 N–H and O–H groups in total. The standard InChI is InChI=1S/C20H17N5O2/c1-2-18(19(26)23-16-10-6-7-14(11-16)12-21)25-20(27)24-17(13-22-25)15-8-4-3-5-9-15/h3-11,13,18H,2H2,1H3,(H,23,26). The average Bonchev–Trinajstić information content (AvgIpc) is 2.70. The molecule has 134 valence electrons. The fourth-order valence-electron chi connectivity index (χ4n) is 2.67. The van der Waals surface area contributed by atoms with Gasteiger partial charge in [-0.2, -0.15) is 15.3 Å². The van der Waals surface area contributed by atoms with Crippen LogP contribution in [0.1, 0.15) is 24.9 Å². The third-order valence-electron chi connectivity index (χ3n) is 4.03. The Kier molecular flexibility index (Phi) is 5.38. The van der Waals surface area contributed by atoms with Gasteiger partial charge in [0, 0.05) is 11.3 Å². The lowest BCUT2D eigenvalue weighted by Crippen LogP contribution is -2.36. The minimum atomic E-state index is -0.805. The Morgan fingerprint density at radius 2 is 2.00 bits per heavy atom. The van der Waals surface area contributed by atoms with Crippen LogP contribution >= 0.6 is 0 Å². The molecule has 0 saturated heterocycles. The number of anilines is 1. The number of hydrogen-bond acceptors (Lipinski definition) is 5. The second-order valence-corrected chi connectivity index (χ2v) is 5.84. The summed E-state index contributed by atoms with van der Waals surface area (Å²) in [5, 5.41) is 15.8. The number of carbonyl (C=O) groups excluding carboxylic acids is 1. The van der Waals surface area contributed by atoms with Crippen LogP contribution in [0.15, 0.2) is 65.6 Å². The van der Waals surface area contributed by atoms with Crippen molar-refractivity contribution in [2.75, 3.05) is 5.32 Å².